The Morgan fingerprint density at radius 1 is 0.636 bits per heavy atom. The molecule has 11 heavy (non-hydrogen) atoms. The van der Waals surface area contributed by atoms with Crippen LogP contribution < -0.4 is 0 Å². The van der Waals surface area contributed by atoms with Crippen LogP contribution in [0.1, 0.15) is 0 Å². The summed E-state index contributed by atoms with van der Waals surface area (Å²) in [7, 11) is 0. The largest absolute Gasteiger partial charge is 2.00 e. The quantitative estimate of drug-likeness (QED) is 0.444. The van der Waals surface area contributed by atoms with Crippen molar-refractivity contribution in [3.8, 4) is 0 Å². The van der Waals surface area contributed by atoms with Crippen LogP contribution in [-0.4, -0.2) is 35.8 Å². The summed E-state index contributed by atoms with van der Waals surface area (Å²) in [5.74, 6) is 0. The van der Waals surface area contributed by atoms with Crippen LogP contribution in [0.3, 0.4) is 0 Å². The molecule has 0 N–H and O–H groups in total. The van der Waals surface area contributed by atoms with Gasteiger partial charge in [-0.05, 0) is 0 Å². The maximum absolute atomic E-state index is 10.2. The van der Waals surface area contributed by atoms with Crippen LogP contribution in [0.5, 0.6) is 0 Å². The van der Waals surface area contributed by atoms with E-state index in [9.17, 15) is 25.9 Å². The number of rotatable bonds is 0. The number of hydrogen-bond donors (Lipinski definition) is 0. The van der Waals surface area contributed by atoms with E-state index in [2.05, 4.69) is 22.9 Å². The Morgan fingerprint density at radius 3 is 0.636 bits per heavy atom. The minimum Gasteiger partial charge on any atom is -0.435 e. The zero-order chi connectivity index (χ0) is 9.00. The maximum atomic E-state index is 10.2. The first-order chi connectivity index (χ1) is 4.00. The van der Waals surface area contributed by atoms with E-state index in [4.69, 9.17) is 0 Å². The molecule has 0 amide bonds. The van der Waals surface area contributed by atoms with Gasteiger partial charge in [0.05, 0.1) is 0 Å². The Bertz CT molecular complexity index is 61.6. The Labute approximate surface area is 84.7 Å². The van der Waals surface area contributed by atoms with Gasteiger partial charge in [0.1, 0.15) is 0 Å². The van der Waals surface area contributed by atoms with Crippen LogP contribution in [-0.2, 0) is 0 Å². The third-order valence-corrected chi connectivity index (χ3v) is 0. The van der Waals surface area contributed by atoms with Gasteiger partial charge in [-0.1, -0.05) is 0 Å². The molecule has 0 atom stereocenters. The average Bonchev–Trinajstić information content (AvgIpc) is 1.12. The van der Waals surface area contributed by atoms with E-state index in [1.54, 1.807) is 0 Å². The molecule has 64 valence electrons. The summed E-state index contributed by atoms with van der Waals surface area (Å²) in [5, 5.41) is 0. The van der Waals surface area contributed by atoms with Crippen molar-refractivity contribution in [3.63, 3.8) is 0 Å². The summed E-state index contributed by atoms with van der Waals surface area (Å²) in [6.45, 7) is 0. The zero-order valence-electron chi connectivity index (χ0n) is 4.89. The topological polar surface area (TPSA) is 0 Å². The molecule has 0 aromatic carbocycles. The van der Waals surface area contributed by atoms with E-state index in [1.165, 1.54) is 0 Å². The van der Waals surface area contributed by atoms with Gasteiger partial charge in [-0.25, -0.2) is 0 Å². The van der Waals surface area contributed by atoms with Gasteiger partial charge in [0.2, 0.25) is 0 Å². The van der Waals surface area contributed by atoms with E-state index in [1.807, 2.05) is 0 Å². The second-order valence-electron chi connectivity index (χ2n) is 0.990. The predicted octanol–water partition coefficient (Wildman–Crippen LogP) is 2.76. The molecule has 0 saturated carbocycles. The second kappa shape index (κ2) is 6.56. The van der Waals surface area contributed by atoms with Gasteiger partial charge in [0.15, 0.2) is 0 Å². The van der Waals surface area contributed by atoms with Gasteiger partial charge in [0, 0.05) is 0 Å². The van der Waals surface area contributed by atoms with Crippen molar-refractivity contribution >= 4 is 58.8 Å². The molecule has 0 aromatic heterocycles. The summed E-state index contributed by atoms with van der Waals surface area (Å²) in [6, 6.07) is 0. The summed E-state index contributed by atoms with van der Waals surface area (Å²) in [4.78, 5) is 0. The molecule has 0 heterocycles. The van der Waals surface area contributed by atoms with Crippen LogP contribution in [0.25, 0.3) is 0 Å². The third kappa shape index (κ3) is 813. The van der Waals surface area contributed by atoms with Gasteiger partial charge in [-0.3, -0.25) is 22.9 Å². The molecular formula is B2Cl2F6Mg. The van der Waals surface area contributed by atoms with Crippen molar-refractivity contribution in [2.45, 2.75) is 0 Å². The van der Waals surface area contributed by atoms with Crippen molar-refractivity contribution < 1.29 is 25.9 Å². The Morgan fingerprint density at radius 2 is 0.636 bits per heavy atom. The second-order valence-corrected chi connectivity index (χ2v) is 1.98. The van der Waals surface area contributed by atoms with Crippen LogP contribution in [0.15, 0.2) is 0 Å². The van der Waals surface area contributed by atoms with Gasteiger partial charge in [0.25, 0.3) is 0 Å². The van der Waals surface area contributed by atoms with Gasteiger partial charge >= 0.3 is 35.8 Å². The van der Waals surface area contributed by atoms with E-state index >= 15 is 0 Å². The Kier molecular flexibility index (Phi) is 10.7. The average molecular weight is 231 g/mol. The molecule has 0 fully saturated rings. The Hall–Kier alpha value is 1.06. The molecule has 0 aliphatic rings. The number of halogens is 8. The molecule has 0 aromatic rings. The van der Waals surface area contributed by atoms with Crippen LogP contribution in [0.4, 0.5) is 25.9 Å². The standard InChI is InChI=1S/2BClF3.Mg/c2*2-1(3,4)5;/q2*-1;+2. The summed E-state index contributed by atoms with van der Waals surface area (Å²) >= 11 is 7.19. The molecule has 11 heteroatoms. The van der Waals surface area contributed by atoms with Crippen molar-refractivity contribution in [3.05, 3.63) is 0 Å². The molecule has 0 unspecified atom stereocenters. The first-order valence-corrected chi connectivity index (χ1v) is 2.62. The summed E-state index contributed by atoms with van der Waals surface area (Å²) in [5.41, 5.74) is 0. The van der Waals surface area contributed by atoms with Gasteiger partial charge < -0.3 is 25.9 Å². The van der Waals surface area contributed by atoms with Crippen molar-refractivity contribution in [1.82, 2.24) is 0 Å². The number of hydrogen-bond acceptors (Lipinski definition) is 0. The SMILES string of the molecule is F[B-](F)(F)Cl.F[B-](F)(F)Cl.[Mg+2]. The maximum Gasteiger partial charge on any atom is 2.00 e. The fourth-order valence-corrected chi connectivity index (χ4v) is 0. The van der Waals surface area contributed by atoms with Crippen molar-refractivity contribution in [2.24, 2.45) is 0 Å². The minimum absolute atomic E-state index is 0. The molecule has 0 aliphatic carbocycles. The fourth-order valence-electron chi connectivity index (χ4n) is 0. The molecule has 0 nitrogen and oxygen atoms in total. The van der Waals surface area contributed by atoms with Crippen LogP contribution in [0.2, 0.25) is 0 Å². The minimum atomic E-state index is -5.03. The monoisotopic (exact) mass is 230 g/mol. The van der Waals surface area contributed by atoms with E-state index in [-0.39, 0.29) is 23.1 Å². The van der Waals surface area contributed by atoms with E-state index < -0.39 is 12.8 Å². The Balaban J connectivity index is -0.000000107. The molecular weight excluding hydrogens is 231 g/mol. The first-order valence-electron chi connectivity index (χ1n) is 1.75. The van der Waals surface area contributed by atoms with E-state index in [0.29, 0.717) is 0 Å². The molecule has 0 aliphatic heterocycles. The van der Waals surface area contributed by atoms with Crippen LogP contribution in [0, 0.1) is 0 Å². The van der Waals surface area contributed by atoms with E-state index in [0.717, 1.165) is 0 Å². The van der Waals surface area contributed by atoms with Crippen LogP contribution >= 0.6 is 22.9 Å². The van der Waals surface area contributed by atoms with Gasteiger partial charge in [-0.15, -0.1) is 0 Å². The summed E-state index contributed by atoms with van der Waals surface area (Å²) < 4.78 is 61.1. The fraction of sp³-hybridized carbons (Fsp3) is 0. The molecule has 0 bridgehead atoms. The predicted molar refractivity (Wildman–Crippen MR) is 35.6 cm³/mol. The third-order valence-electron chi connectivity index (χ3n) is 0. The molecule has 0 saturated heterocycles. The molecule has 0 rings (SSSR count). The van der Waals surface area contributed by atoms with Crippen molar-refractivity contribution in [1.29, 1.82) is 0 Å². The summed E-state index contributed by atoms with van der Waals surface area (Å²) in [6.07, 6.45) is -10.1. The molecule has 0 radical (unpaired) electrons. The van der Waals surface area contributed by atoms with Crippen molar-refractivity contribution in [2.75, 3.05) is 0 Å². The molecule has 0 spiro atoms. The first kappa shape index (κ1) is 18.0. The normalized spacial score (nSPS) is 10.9. The van der Waals surface area contributed by atoms with Gasteiger partial charge in [-0.2, -0.15) is 0 Å². The zero-order valence-corrected chi connectivity index (χ0v) is 7.81. The smallest absolute Gasteiger partial charge is 0.435 e.